The van der Waals surface area contributed by atoms with E-state index in [0.717, 1.165) is 38.5 Å². The van der Waals surface area contributed by atoms with Crippen molar-refractivity contribution in [1.82, 2.24) is 0 Å². The van der Waals surface area contributed by atoms with Gasteiger partial charge in [-0.3, -0.25) is 4.57 Å². The fourth-order valence-corrected chi connectivity index (χ4v) is 9.48. The Morgan fingerprint density at radius 3 is 2.41 bits per heavy atom. The van der Waals surface area contributed by atoms with Crippen LogP contribution in [-0.2, 0) is 4.57 Å². The van der Waals surface area contributed by atoms with Gasteiger partial charge in [0.1, 0.15) is 0 Å². The molecule has 4 aliphatic carbocycles. The Labute approximate surface area is 175 Å². The first-order chi connectivity index (χ1) is 13.5. The summed E-state index contributed by atoms with van der Waals surface area (Å²) in [5, 5.41) is 21.7. The summed E-state index contributed by atoms with van der Waals surface area (Å²) in [4.78, 5) is 18.6. The second-order valence-electron chi connectivity index (χ2n) is 11.5. The van der Waals surface area contributed by atoms with Crippen LogP contribution in [-0.4, -0.2) is 38.4 Å². The number of hydrogen-bond acceptors (Lipinski definition) is 3. The van der Waals surface area contributed by atoms with Gasteiger partial charge < -0.3 is 20.0 Å². The zero-order valence-corrected chi connectivity index (χ0v) is 19.2. The molecule has 4 rings (SSSR count). The van der Waals surface area contributed by atoms with Gasteiger partial charge >= 0.3 is 7.60 Å². The summed E-state index contributed by atoms with van der Waals surface area (Å²) in [6, 6.07) is 0. The van der Waals surface area contributed by atoms with Gasteiger partial charge in [0.25, 0.3) is 0 Å². The van der Waals surface area contributed by atoms with Crippen LogP contribution in [0.15, 0.2) is 0 Å². The van der Waals surface area contributed by atoms with E-state index in [1.165, 1.54) is 12.8 Å². The summed E-state index contributed by atoms with van der Waals surface area (Å²) in [6.07, 6.45) is 8.42. The van der Waals surface area contributed by atoms with Crippen molar-refractivity contribution in [2.75, 3.05) is 6.16 Å². The molecule has 5 nitrogen and oxygen atoms in total. The Morgan fingerprint density at radius 2 is 1.72 bits per heavy atom. The van der Waals surface area contributed by atoms with Crippen molar-refractivity contribution in [1.29, 1.82) is 0 Å². The molecule has 0 saturated heterocycles. The number of rotatable bonds is 4. The standard InChI is InChI=1S/C23H41O5P/c1-14(9-11-29(26,27)28)18-6-7-19-17-5-4-15-12-16(24)8-10-22(15,2)20(17)13-21(25)23(18,19)3/h14-21,24-25H,4-13H2,1-3H3,(H2,26,27,28)/t14-,15-,16-,17+,18-,19+,20+,21+,22+,23-/m1/s1. The lowest BCUT2D eigenvalue weighted by molar-refractivity contribution is -0.174. The Morgan fingerprint density at radius 1 is 1.00 bits per heavy atom. The largest absolute Gasteiger partial charge is 0.393 e. The minimum atomic E-state index is -3.97. The third-order valence-electron chi connectivity index (χ3n) is 10.4. The second-order valence-corrected chi connectivity index (χ2v) is 13.3. The minimum absolute atomic E-state index is 0.0460. The third kappa shape index (κ3) is 3.67. The van der Waals surface area contributed by atoms with E-state index < -0.39 is 7.60 Å². The van der Waals surface area contributed by atoms with E-state index in [9.17, 15) is 24.6 Å². The summed E-state index contributed by atoms with van der Waals surface area (Å²) >= 11 is 0. The van der Waals surface area contributed by atoms with Crippen molar-refractivity contribution >= 4 is 7.60 Å². The molecule has 10 atom stereocenters. The zero-order valence-electron chi connectivity index (χ0n) is 18.3. The van der Waals surface area contributed by atoms with Crippen LogP contribution in [0.5, 0.6) is 0 Å². The monoisotopic (exact) mass is 428 g/mol. The second kappa shape index (κ2) is 7.59. The van der Waals surface area contributed by atoms with Crippen LogP contribution in [0.3, 0.4) is 0 Å². The first kappa shape index (κ1) is 22.3. The highest BCUT2D eigenvalue weighted by Gasteiger charge is 2.63. The van der Waals surface area contributed by atoms with Crippen molar-refractivity contribution in [3.05, 3.63) is 0 Å². The van der Waals surface area contributed by atoms with Crippen LogP contribution in [0.4, 0.5) is 0 Å². The molecule has 4 saturated carbocycles. The average Bonchev–Trinajstić information content (AvgIpc) is 3.00. The van der Waals surface area contributed by atoms with Gasteiger partial charge in [-0.2, -0.15) is 0 Å². The van der Waals surface area contributed by atoms with E-state index >= 15 is 0 Å². The number of fused-ring (bicyclic) bond motifs is 5. The van der Waals surface area contributed by atoms with Crippen molar-refractivity contribution < 1.29 is 24.6 Å². The molecule has 0 aromatic heterocycles. The molecule has 29 heavy (non-hydrogen) atoms. The maximum absolute atomic E-state index is 11.5. The molecule has 0 bridgehead atoms. The molecule has 0 spiro atoms. The van der Waals surface area contributed by atoms with E-state index in [1.54, 1.807) is 0 Å². The van der Waals surface area contributed by atoms with Gasteiger partial charge in [-0.1, -0.05) is 20.8 Å². The molecular formula is C23H41O5P. The number of aliphatic hydroxyl groups is 2. The van der Waals surface area contributed by atoms with Gasteiger partial charge in [-0.25, -0.2) is 0 Å². The number of hydrogen-bond donors (Lipinski definition) is 4. The molecular weight excluding hydrogens is 387 g/mol. The normalized spacial score (nSPS) is 51.1. The molecule has 4 aliphatic rings. The Kier molecular flexibility index (Phi) is 5.83. The summed E-state index contributed by atoms with van der Waals surface area (Å²) < 4.78 is 11.4. The highest BCUT2D eigenvalue weighted by Crippen LogP contribution is 2.68. The summed E-state index contributed by atoms with van der Waals surface area (Å²) in [6.45, 7) is 6.85. The maximum Gasteiger partial charge on any atom is 0.325 e. The first-order valence-electron chi connectivity index (χ1n) is 11.9. The molecule has 0 aliphatic heterocycles. The Bertz CT molecular complexity index is 664. The van der Waals surface area contributed by atoms with Gasteiger partial charge in [-0.05, 0) is 104 Å². The van der Waals surface area contributed by atoms with E-state index in [-0.39, 0.29) is 35.1 Å². The predicted octanol–water partition coefficient (Wildman–Crippen LogP) is 4.18. The zero-order chi connectivity index (χ0) is 21.2. The Hall–Kier alpha value is 0.0700. The third-order valence-corrected chi connectivity index (χ3v) is 11.2. The smallest absolute Gasteiger partial charge is 0.325 e. The van der Waals surface area contributed by atoms with E-state index in [0.29, 0.717) is 36.0 Å². The molecule has 168 valence electrons. The first-order valence-corrected chi connectivity index (χ1v) is 13.7. The van der Waals surface area contributed by atoms with Crippen molar-refractivity contribution in [2.45, 2.75) is 90.8 Å². The Balaban J connectivity index is 1.55. The topological polar surface area (TPSA) is 98.0 Å². The lowest BCUT2D eigenvalue weighted by Gasteiger charge is -2.62. The lowest BCUT2D eigenvalue weighted by atomic mass is 9.43. The van der Waals surface area contributed by atoms with Crippen LogP contribution >= 0.6 is 7.60 Å². The molecule has 0 unspecified atom stereocenters. The molecule has 0 aromatic carbocycles. The SMILES string of the molecule is C[C@H](CCP(=O)(O)O)[C@H]1CC[C@H]2[C@@H]3CC[C@@H]4C[C@H](O)CC[C@]4(C)[C@H]3C[C@H](O)[C@]12C. The van der Waals surface area contributed by atoms with E-state index in [4.69, 9.17) is 0 Å². The summed E-state index contributed by atoms with van der Waals surface area (Å²) in [5.74, 6) is 2.87. The van der Waals surface area contributed by atoms with Gasteiger partial charge in [0.15, 0.2) is 0 Å². The van der Waals surface area contributed by atoms with Crippen LogP contribution in [0.1, 0.15) is 78.6 Å². The maximum atomic E-state index is 11.5. The van der Waals surface area contributed by atoms with Gasteiger partial charge in [0.2, 0.25) is 0 Å². The van der Waals surface area contributed by atoms with Crippen LogP contribution in [0.25, 0.3) is 0 Å². The fourth-order valence-electron chi connectivity index (χ4n) is 8.73. The molecule has 4 N–H and O–H groups in total. The van der Waals surface area contributed by atoms with Gasteiger partial charge in [0, 0.05) is 0 Å². The molecule has 0 amide bonds. The van der Waals surface area contributed by atoms with Crippen LogP contribution < -0.4 is 0 Å². The predicted molar refractivity (Wildman–Crippen MR) is 113 cm³/mol. The minimum Gasteiger partial charge on any atom is -0.393 e. The van der Waals surface area contributed by atoms with Crippen molar-refractivity contribution in [2.24, 2.45) is 46.3 Å². The molecule has 6 heteroatoms. The van der Waals surface area contributed by atoms with Crippen LogP contribution in [0, 0.1) is 46.3 Å². The summed E-state index contributed by atoms with van der Waals surface area (Å²) in [5.41, 5.74) is 0.113. The lowest BCUT2D eigenvalue weighted by Crippen LogP contribution is -2.58. The highest BCUT2D eigenvalue weighted by molar-refractivity contribution is 7.51. The molecule has 0 heterocycles. The molecule has 4 fully saturated rings. The van der Waals surface area contributed by atoms with Gasteiger partial charge in [-0.15, -0.1) is 0 Å². The number of aliphatic hydroxyl groups excluding tert-OH is 2. The van der Waals surface area contributed by atoms with Crippen molar-refractivity contribution in [3.8, 4) is 0 Å². The van der Waals surface area contributed by atoms with Crippen molar-refractivity contribution in [3.63, 3.8) is 0 Å². The van der Waals surface area contributed by atoms with Gasteiger partial charge in [0.05, 0.1) is 18.4 Å². The highest BCUT2D eigenvalue weighted by atomic mass is 31.2. The molecule has 0 aromatic rings. The van der Waals surface area contributed by atoms with E-state index in [1.807, 2.05) is 0 Å². The quantitative estimate of drug-likeness (QED) is 0.504. The van der Waals surface area contributed by atoms with Crippen LogP contribution in [0.2, 0.25) is 0 Å². The summed E-state index contributed by atoms with van der Waals surface area (Å²) in [7, 11) is -3.97. The fraction of sp³-hybridized carbons (Fsp3) is 1.00. The average molecular weight is 429 g/mol. The molecule has 0 radical (unpaired) electrons. The van der Waals surface area contributed by atoms with E-state index in [2.05, 4.69) is 20.8 Å².